The lowest BCUT2D eigenvalue weighted by atomic mass is 9.88. The van der Waals surface area contributed by atoms with Gasteiger partial charge in [-0.1, -0.05) is 0 Å². The molecule has 20 heavy (non-hydrogen) atoms. The van der Waals surface area contributed by atoms with Crippen molar-refractivity contribution < 1.29 is 9.53 Å². The quantitative estimate of drug-likeness (QED) is 0.781. The van der Waals surface area contributed by atoms with E-state index in [1.807, 2.05) is 14.1 Å². The molecule has 8 heteroatoms. The number of aromatic nitrogens is 4. The average molecular weight is 282 g/mol. The lowest BCUT2D eigenvalue weighted by molar-refractivity contribution is -0.125. The fraction of sp³-hybridized carbons (Fsp3) is 0.833. The molecule has 1 amide bonds. The monoisotopic (exact) mass is 282 g/mol. The smallest absolute Gasteiger partial charge is 0.244 e. The molecule has 1 saturated heterocycles. The first-order valence-corrected chi connectivity index (χ1v) is 6.80. The standard InChI is InChI=1S/C12H22N6O2/c1-10(18-9-14-15-16-18)11(19)13-8-12(17(2)3)4-6-20-7-5-12/h9-10H,4-8H2,1-3H3,(H,13,19)/t10-/m0/s1. The van der Waals surface area contributed by atoms with Crippen molar-refractivity contribution in [1.29, 1.82) is 0 Å². The number of carbonyl (C=O) groups is 1. The lowest BCUT2D eigenvalue weighted by Crippen LogP contribution is -2.56. The summed E-state index contributed by atoms with van der Waals surface area (Å²) in [6.07, 6.45) is 3.28. The van der Waals surface area contributed by atoms with E-state index in [0.717, 1.165) is 26.1 Å². The summed E-state index contributed by atoms with van der Waals surface area (Å²) in [6, 6.07) is -0.413. The zero-order valence-electron chi connectivity index (χ0n) is 12.2. The summed E-state index contributed by atoms with van der Waals surface area (Å²) in [5.41, 5.74) is -0.0335. The van der Waals surface area contributed by atoms with Crippen LogP contribution in [0.5, 0.6) is 0 Å². The highest BCUT2D eigenvalue weighted by molar-refractivity contribution is 5.79. The minimum atomic E-state index is -0.413. The van der Waals surface area contributed by atoms with Crippen LogP contribution in [0.15, 0.2) is 6.33 Å². The molecule has 0 radical (unpaired) electrons. The second-order valence-corrected chi connectivity index (χ2v) is 5.41. The van der Waals surface area contributed by atoms with Crippen molar-refractivity contribution in [1.82, 2.24) is 30.4 Å². The number of amides is 1. The van der Waals surface area contributed by atoms with Gasteiger partial charge in [0.15, 0.2) is 0 Å². The van der Waals surface area contributed by atoms with E-state index in [1.54, 1.807) is 6.92 Å². The Morgan fingerprint density at radius 1 is 1.50 bits per heavy atom. The molecule has 1 atom stereocenters. The van der Waals surface area contributed by atoms with Crippen LogP contribution in [0, 0.1) is 0 Å². The van der Waals surface area contributed by atoms with Gasteiger partial charge in [-0.2, -0.15) is 0 Å². The third-order valence-corrected chi connectivity index (χ3v) is 4.10. The topological polar surface area (TPSA) is 85.2 Å². The van der Waals surface area contributed by atoms with Crippen LogP contribution in [-0.2, 0) is 9.53 Å². The summed E-state index contributed by atoms with van der Waals surface area (Å²) < 4.78 is 6.86. The fourth-order valence-corrected chi connectivity index (χ4v) is 2.40. The highest BCUT2D eigenvalue weighted by Crippen LogP contribution is 2.25. The second-order valence-electron chi connectivity index (χ2n) is 5.41. The first-order chi connectivity index (χ1) is 9.55. The first-order valence-electron chi connectivity index (χ1n) is 6.80. The van der Waals surface area contributed by atoms with Crippen molar-refractivity contribution in [3.63, 3.8) is 0 Å². The minimum absolute atomic E-state index is 0.0335. The third-order valence-electron chi connectivity index (χ3n) is 4.10. The van der Waals surface area contributed by atoms with Crippen molar-refractivity contribution in [3.05, 3.63) is 6.33 Å². The second kappa shape index (κ2) is 6.27. The average Bonchev–Trinajstić information content (AvgIpc) is 2.99. The number of nitrogens with one attached hydrogen (secondary N) is 1. The van der Waals surface area contributed by atoms with E-state index in [0.29, 0.717) is 6.54 Å². The Morgan fingerprint density at radius 3 is 2.75 bits per heavy atom. The summed E-state index contributed by atoms with van der Waals surface area (Å²) in [5.74, 6) is -0.0787. The number of ether oxygens (including phenoxy) is 1. The molecule has 8 nitrogen and oxygen atoms in total. The first kappa shape index (κ1) is 14.9. The molecule has 112 valence electrons. The van der Waals surface area contributed by atoms with Crippen LogP contribution < -0.4 is 5.32 Å². The van der Waals surface area contributed by atoms with E-state index in [4.69, 9.17) is 4.74 Å². The molecule has 1 N–H and O–H groups in total. The molecule has 1 aliphatic rings. The third kappa shape index (κ3) is 3.13. The molecule has 0 spiro atoms. The van der Waals surface area contributed by atoms with Gasteiger partial charge in [-0.05, 0) is 44.3 Å². The van der Waals surface area contributed by atoms with E-state index in [-0.39, 0.29) is 11.4 Å². The normalized spacial score (nSPS) is 19.8. The van der Waals surface area contributed by atoms with Crippen LogP contribution >= 0.6 is 0 Å². The molecule has 0 aromatic carbocycles. The maximum atomic E-state index is 12.2. The Morgan fingerprint density at radius 2 is 2.20 bits per heavy atom. The fourth-order valence-electron chi connectivity index (χ4n) is 2.40. The van der Waals surface area contributed by atoms with E-state index in [9.17, 15) is 4.79 Å². The molecule has 0 aliphatic carbocycles. The number of carbonyl (C=O) groups excluding carboxylic acids is 1. The maximum absolute atomic E-state index is 12.2. The number of hydrogen-bond acceptors (Lipinski definition) is 6. The van der Waals surface area contributed by atoms with Crippen molar-refractivity contribution in [2.24, 2.45) is 0 Å². The Kier molecular flexibility index (Phi) is 4.66. The summed E-state index contributed by atoms with van der Waals surface area (Å²) in [6.45, 7) is 3.85. The summed E-state index contributed by atoms with van der Waals surface area (Å²) >= 11 is 0. The van der Waals surface area contributed by atoms with Crippen molar-refractivity contribution in [3.8, 4) is 0 Å². The maximum Gasteiger partial charge on any atom is 0.244 e. The summed E-state index contributed by atoms with van der Waals surface area (Å²) in [4.78, 5) is 14.3. The zero-order valence-corrected chi connectivity index (χ0v) is 12.2. The minimum Gasteiger partial charge on any atom is -0.381 e. The van der Waals surface area contributed by atoms with Gasteiger partial charge in [0.2, 0.25) is 5.91 Å². The van der Waals surface area contributed by atoms with Gasteiger partial charge < -0.3 is 15.0 Å². The van der Waals surface area contributed by atoms with Crippen LogP contribution in [0.1, 0.15) is 25.8 Å². The molecule has 2 rings (SSSR count). The number of hydrogen-bond donors (Lipinski definition) is 1. The molecule has 1 aliphatic heterocycles. The van der Waals surface area contributed by atoms with Crippen molar-refractivity contribution >= 4 is 5.91 Å². The van der Waals surface area contributed by atoms with Crippen LogP contribution in [0.3, 0.4) is 0 Å². The van der Waals surface area contributed by atoms with E-state index < -0.39 is 6.04 Å². The molecule has 0 bridgehead atoms. The highest BCUT2D eigenvalue weighted by Gasteiger charge is 2.35. The van der Waals surface area contributed by atoms with Crippen LogP contribution in [0.4, 0.5) is 0 Å². The SMILES string of the molecule is C[C@@H](C(=O)NCC1(N(C)C)CCOCC1)n1cnnn1. The highest BCUT2D eigenvalue weighted by atomic mass is 16.5. The number of likely N-dealkylation sites (N-methyl/N-ethyl adjacent to an activating group) is 1. The number of rotatable bonds is 5. The lowest BCUT2D eigenvalue weighted by Gasteiger charge is -2.43. The van der Waals surface area contributed by atoms with E-state index >= 15 is 0 Å². The Balaban J connectivity index is 1.94. The number of tetrazole rings is 1. The van der Waals surface area contributed by atoms with Gasteiger partial charge in [-0.15, -0.1) is 5.10 Å². The summed E-state index contributed by atoms with van der Waals surface area (Å²) in [5, 5.41) is 13.8. The molecule has 0 saturated carbocycles. The molecule has 1 aromatic heterocycles. The van der Waals surface area contributed by atoms with Crippen LogP contribution in [-0.4, -0.2) is 70.4 Å². The van der Waals surface area contributed by atoms with Crippen LogP contribution in [0.2, 0.25) is 0 Å². The van der Waals surface area contributed by atoms with E-state index in [1.165, 1.54) is 11.0 Å². The van der Waals surface area contributed by atoms with Crippen molar-refractivity contribution in [2.75, 3.05) is 33.9 Å². The van der Waals surface area contributed by atoms with Gasteiger partial charge in [0.25, 0.3) is 0 Å². The van der Waals surface area contributed by atoms with Gasteiger partial charge >= 0.3 is 0 Å². The predicted octanol–water partition coefficient (Wildman–Crippen LogP) is -0.539. The zero-order chi connectivity index (χ0) is 14.6. The molecule has 1 fully saturated rings. The van der Waals surface area contributed by atoms with Gasteiger partial charge in [0.05, 0.1) is 0 Å². The van der Waals surface area contributed by atoms with Gasteiger partial charge in [0, 0.05) is 25.3 Å². The Bertz CT molecular complexity index is 427. The Hall–Kier alpha value is -1.54. The molecule has 1 aromatic rings. The number of nitrogens with zero attached hydrogens (tertiary/aromatic N) is 5. The predicted molar refractivity (Wildman–Crippen MR) is 72.0 cm³/mol. The van der Waals surface area contributed by atoms with Crippen molar-refractivity contribution in [2.45, 2.75) is 31.3 Å². The van der Waals surface area contributed by atoms with Gasteiger partial charge in [-0.3, -0.25) is 4.79 Å². The van der Waals surface area contributed by atoms with Crippen LogP contribution in [0.25, 0.3) is 0 Å². The Labute approximate surface area is 118 Å². The largest absolute Gasteiger partial charge is 0.381 e. The summed E-state index contributed by atoms with van der Waals surface area (Å²) in [7, 11) is 4.09. The van der Waals surface area contributed by atoms with E-state index in [2.05, 4.69) is 25.7 Å². The molecule has 2 heterocycles. The molecule has 0 unspecified atom stereocenters. The molecular weight excluding hydrogens is 260 g/mol. The van der Waals surface area contributed by atoms with Gasteiger partial charge in [-0.25, -0.2) is 4.68 Å². The molecular formula is C12H22N6O2. The van der Waals surface area contributed by atoms with Gasteiger partial charge in [0.1, 0.15) is 12.4 Å².